The van der Waals surface area contributed by atoms with Crippen molar-refractivity contribution in [2.24, 2.45) is 11.7 Å². The summed E-state index contributed by atoms with van der Waals surface area (Å²) in [5.41, 5.74) is 6.00. The maximum absolute atomic E-state index is 6.02. The lowest BCUT2D eigenvalue weighted by Gasteiger charge is -2.31. The van der Waals surface area contributed by atoms with Crippen LogP contribution in [-0.4, -0.2) is 17.6 Å². The van der Waals surface area contributed by atoms with E-state index in [2.05, 4.69) is 24.1 Å². The van der Waals surface area contributed by atoms with Crippen LogP contribution in [0.2, 0.25) is 0 Å². The van der Waals surface area contributed by atoms with Crippen molar-refractivity contribution in [3.63, 3.8) is 0 Å². The third kappa shape index (κ3) is 3.50. The number of nitrogens with two attached hydrogens (primary N) is 1. The Hall–Kier alpha value is -0.450. The Kier molecular flexibility index (Phi) is 4.17. The molecule has 0 spiro atoms. The molecule has 2 atom stereocenters. The van der Waals surface area contributed by atoms with Gasteiger partial charge >= 0.3 is 0 Å². The van der Waals surface area contributed by atoms with Crippen molar-refractivity contribution < 1.29 is 0 Å². The fourth-order valence-electron chi connectivity index (χ4n) is 2.53. The summed E-state index contributed by atoms with van der Waals surface area (Å²) in [6.07, 6.45) is 6.84. The van der Waals surface area contributed by atoms with Crippen LogP contribution in [0, 0.1) is 5.92 Å². The number of nitrogens with one attached hydrogen (secondary N) is 1. The maximum Gasteiger partial charge on any atom is 0.112 e. The van der Waals surface area contributed by atoms with Crippen molar-refractivity contribution in [3.8, 4) is 0 Å². The Morgan fingerprint density at radius 2 is 2.35 bits per heavy atom. The average molecular weight is 253 g/mol. The van der Waals surface area contributed by atoms with E-state index >= 15 is 0 Å². The highest BCUT2D eigenvalue weighted by Crippen LogP contribution is 2.26. The Morgan fingerprint density at radius 3 is 3.00 bits per heavy atom. The summed E-state index contributed by atoms with van der Waals surface area (Å²) in [5.74, 6) is 0.734. The molecule has 0 saturated heterocycles. The molecule has 17 heavy (non-hydrogen) atoms. The van der Waals surface area contributed by atoms with Crippen LogP contribution in [-0.2, 0) is 5.54 Å². The van der Waals surface area contributed by atoms with Crippen molar-refractivity contribution in [2.75, 3.05) is 6.54 Å². The predicted octanol–water partition coefficient (Wildman–Crippen LogP) is 2.49. The highest BCUT2D eigenvalue weighted by atomic mass is 32.1. The zero-order valence-electron chi connectivity index (χ0n) is 10.8. The number of hydrogen-bond acceptors (Lipinski definition) is 4. The van der Waals surface area contributed by atoms with Crippen LogP contribution in [0.25, 0.3) is 0 Å². The molecule has 1 aliphatic rings. The van der Waals surface area contributed by atoms with Crippen LogP contribution < -0.4 is 11.1 Å². The van der Waals surface area contributed by atoms with E-state index in [-0.39, 0.29) is 5.54 Å². The number of aromatic nitrogens is 1. The molecule has 0 aromatic carbocycles. The summed E-state index contributed by atoms with van der Waals surface area (Å²) in [6, 6.07) is 0.415. The van der Waals surface area contributed by atoms with Gasteiger partial charge in [0.1, 0.15) is 5.01 Å². The smallest absolute Gasteiger partial charge is 0.112 e. The predicted molar refractivity (Wildman–Crippen MR) is 73.1 cm³/mol. The number of thiazole rings is 1. The van der Waals surface area contributed by atoms with Crippen molar-refractivity contribution in [2.45, 2.75) is 51.1 Å². The summed E-state index contributed by atoms with van der Waals surface area (Å²) < 4.78 is 0. The van der Waals surface area contributed by atoms with Gasteiger partial charge in [0.05, 0.1) is 5.54 Å². The van der Waals surface area contributed by atoms with Gasteiger partial charge in [0.2, 0.25) is 0 Å². The third-order valence-electron chi connectivity index (χ3n) is 3.62. The molecule has 0 radical (unpaired) electrons. The second-order valence-electron chi connectivity index (χ2n) is 5.64. The van der Waals surface area contributed by atoms with Gasteiger partial charge in [0, 0.05) is 17.6 Å². The molecular weight excluding hydrogens is 230 g/mol. The van der Waals surface area contributed by atoms with Crippen LogP contribution >= 0.6 is 11.3 Å². The maximum atomic E-state index is 6.02. The van der Waals surface area contributed by atoms with E-state index in [0.717, 1.165) is 17.5 Å². The molecule has 1 fully saturated rings. The van der Waals surface area contributed by atoms with E-state index in [1.807, 2.05) is 11.6 Å². The van der Waals surface area contributed by atoms with Gasteiger partial charge in [-0.05, 0) is 45.6 Å². The molecule has 0 aliphatic heterocycles. The molecule has 4 heteroatoms. The van der Waals surface area contributed by atoms with Gasteiger partial charge < -0.3 is 11.1 Å². The molecule has 3 N–H and O–H groups in total. The van der Waals surface area contributed by atoms with Gasteiger partial charge in [-0.1, -0.05) is 6.42 Å². The number of hydrogen-bond donors (Lipinski definition) is 2. The summed E-state index contributed by atoms with van der Waals surface area (Å²) in [5, 5.41) is 6.85. The van der Waals surface area contributed by atoms with Crippen molar-refractivity contribution in [1.29, 1.82) is 0 Å². The van der Waals surface area contributed by atoms with Crippen molar-refractivity contribution in [3.05, 3.63) is 16.6 Å². The van der Waals surface area contributed by atoms with Gasteiger partial charge in [0.25, 0.3) is 0 Å². The SMILES string of the molecule is CC(C)(NCC1CCCC(N)C1)c1nccs1. The quantitative estimate of drug-likeness (QED) is 0.867. The summed E-state index contributed by atoms with van der Waals surface area (Å²) >= 11 is 1.72. The first-order chi connectivity index (χ1) is 8.08. The van der Waals surface area contributed by atoms with Gasteiger partial charge in [-0.3, -0.25) is 0 Å². The first kappa shape index (κ1) is 13.0. The van der Waals surface area contributed by atoms with Crippen molar-refractivity contribution in [1.82, 2.24) is 10.3 Å². The summed E-state index contributed by atoms with van der Waals surface area (Å²) in [7, 11) is 0. The second-order valence-corrected chi connectivity index (χ2v) is 6.53. The fraction of sp³-hybridized carbons (Fsp3) is 0.769. The molecule has 1 aromatic rings. The lowest BCUT2D eigenvalue weighted by molar-refractivity contribution is 0.276. The van der Waals surface area contributed by atoms with E-state index < -0.39 is 0 Å². The molecule has 2 rings (SSSR count). The van der Waals surface area contributed by atoms with Crippen LogP contribution in [0.15, 0.2) is 11.6 Å². The van der Waals surface area contributed by atoms with Crippen LogP contribution in [0.4, 0.5) is 0 Å². The molecule has 1 aromatic heterocycles. The minimum Gasteiger partial charge on any atom is -0.328 e. The zero-order chi connectivity index (χ0) is 12.3. The minimum absolute atomic E-state index is 0.0181. The monoisotopic (exact) mass is 253 g/mol. The highest BCUT2D eigenvalue weighted by Gasteiger charge is 2.25. The molecule has 0 bridgehead atoms. The third-order valence-corrected chi connectivity index (χ3v) is 4.72. The van der Waals surface area contributed by atoms with Gasteiger partial charge in [0.15, 0.2) is 0 Å². The molecule has 1 aliphatic carbocycles. The van der Waals surface area contributed by atoms with E-state index in [1.165, 1.54) is 25.7 Å². The molecular formula is C13H23N3S. The minimum atomic E-state index is -0.0181. The first-order valence-corrected chi connectivity index (χ1v) is 7.36. The van der Waals surface area contributed by atoms with Gasteiger partial charge in [-0.15, -0.1) is 11.3 Å². The molecule has 96 valence electrons. The Morgan fingerprint density at radius 1 is 1.53 bits per heavy atom. The van der Waals surface area contributed by atoms with E-state index in [9.17, 15) is 0 Å². The number of rotatable bonds is 4. The molecule has 1 heterocycles. The highest BCUT2D eigenvalue weighted by molar-refractivity contribution is 7.09. The van der Waals surface area contributed by atoms with Crippen LogP contribution in [0.3, 0.4) is 0 Å². The van der Waals surface area contributed by atoms with E-state index in [4.69, 9.17) is 5.73 Å². The molecule has 2 unspecified atom stereocenters. The normalized spacial score (nSPS) is 26.1. The standard InChI is InChI=1S/C13H23N3S/c1-13(2,12-15-6-7-17-12)16-9-10-4-3-5-11(14)8-10/h6-7,10-11,16H,3-5,8-9,14H2,1-2H3. The number of nitrogens with zero attached hydrogens (tertiary/aromatic N) is 1. The van der Waals surface area contributed by atoms with Gasteiger partial charge in [-0.25, -0.2) is 4.98 Å². The summed E-state index contributed by atoms with van der Waals surface area (Å²) in [4.78, 5) is 4.40. The largest absolute Gasteiger partial charge is 0.328 e. The Labute approximate surface area is 108 Å². The van der Waals surface area contributed by atoms with E-state index in [0.29, 0.717) is 6.04 Å². The summed E-state index contributed by atoms with van der Waals surface area (Å²) in [6.45, 7) is 5.46. The second kappa shape index (κ2) is 5.46. The lowest BCUT2D eigenvalue weighted by Crippen LogP contribution is -2.41. The molecule has 1 saturated carbocycles. The van der Waals surface area contributed by atoms with E-state index in [1.54, 1.807) is 11.3 Å². The van der Waals surface area contributed by atoms with Crippen LogP contribution in [0.5, 0.6) is 0 Å². The average Bonchev–Trinajstić information content (AvgIpc) is 2.81. The Bertz CT molecular complexity index is 334. The zero-order valence-corrected chi connectivity index (χ0v) is 11.6. The lowest BCUT2D eigenvalue weighted by atomic mass is 9.85. The Balaban J connectivity index is 1.85. The molecule has 0 amide bonds. The van der Waals surface area contributed by atoms with Gasteiger partial charge in [-0.2, -0.15) is 0 Å². The first-order valence-electron chi connectivity index (χ1n) is 6.48. The van der Waals surface area contributed by atoms with Crippen molar-refractivity contribution >= 4 is 11.3 Å². The fourth-order valence-corrected chi connectivity index (χ4v) is 3.26. The topological polar surface area (TPSA) is 50.9 Å². The van der Waals surface area contributed by atoms with Crippen LogP contribution in [0.1, 0.15) is 44.5 Å². The molecule has 3 nitrogen and oxygen atoms in total.